The molecular formula is C14H21BrN2O. The molecule has 1 aliphatic rings. The van der Waals surface area contributed by atoms with Crippen molar-refractivity contribution < 1.29 is 4.74 Å². The van der Waals surface area contributed by atoms with Crippen LogP contribution in [0, 0.1) is 0 Å². The van der Waals surface area contributed by atoms with Crippen LogP contribution in [0.25, 0.3) is 0 Å². The molecule has 1 unspecified atom stereocenters. The molecule has 100 valence electrons. The first-order valence-corrected chi connectivity index (χ1v) is 7.37. The Kier molecular flexibility index (Phi) is 5.63. The van der Waals surface area contributed by atoms with Crippen molar-refractivity contribution in [3.8, 4) is 0 Å². The fourth-order valence-electron chi connectivity index (χ4n) is 2.20. The molecule has 0 radical (unpaired) electrons. The molecule has 1 heterocycles. The highest BCUT2D eigenvalue weighted by atomic mass is 79.9. The van der Waals surface area contributed by atoms with Crippen molar-refractivity contribution in [2.75, 3.05) is 32.8 Å². The van der Waals surface area contributed by atoms with Crippen LogP contribution in [0.5, 0.6) is 0 Å². The number of benzene rings is 1. The number of hydrogen-bond acceptors (Lipinski definition) is 3. The second-order valence-electron chi connectivity index (χ2n) is 4.61. The van der Waals surface area contributed by atoms with E-state index in [-0.39, 0.29) is 0 Å². The number of rotatable bonds is 5. The SMILES string of the molecule is CCN1CCOC(CNCc2ccccc2Br)C1. The third-order valence-corrected chi connectivity index (χ3v) is 4.09. The van der Waals surface area contributed by atoms with Crippen LogP contribution in [0.15, 0.2) is 28.7 Å². The second kappa shape index (κ2) is 7.24. The number of hydrogen-bond donors (Lipinski definition) is 1. The number of morpholine rings is 1. The summed E-state index contributed by atoms with van der Waals surface area (Å²) in [4.78, 5) is 2.44. The molecule has 0 saturated carbocycles. The summed E-state index contributed by atoms with van der Waals surface area (Å²) in [6.07, 6.45) is 0.321. The second-order valence-corrected chi connectivity index (χ2v) is 5.46. The molecule has 1 aromatic rings. The molecular weight excluding hydrogens is 292 g/mol. The van der Waals surface area contributed by atoms with Crippen LogP contribution in [0.1, 0.15) is 12.5 Å². The first-order valence-electron chi connectivity index (χ1n) is 6.57. The Bertz CT molecular complexity index is 373. The fourth-order valence-corrected chi connectivity index (χ4v) is 2.63. The van der Waals surface area contributed by atoms with Crippen LogP contribution in [-0.4, -0.2) is 43.8 Å². The lowest BCUT2D eigenvalue weighted by Crippen LogP contribution is -2.46. The molecule has 2 rings (SSSR count). The molecule has 1 aliphatic heterocycles. The molecule has 0 amide bonds. The van der Waals surface area contributed by atoms with Gasteiger partial charge in [-0.15, -0.1) is 0 Å². The van der Waals surface area contributed by atoms with Gasteiger partial charge in [0.25, 0.3) is 0 Å². The predicted octanol–water partition coefficient (Wildman–Crippen LogP) is 2.26. The highest BCUT2D eigenvalue weighted by Crippen LogP contribution is 2.15. The third-order valence-electron chi connectivity index (χ3n) is 3.32. The number of ether oxygens (including phenoxy) is 1. The summed E-state index contributed by atoms with van der Waals surface area (Å²) >= 11 is 3.56. The van der Waals surface area contributed by atoms with Gasteiger partial charge in [0.2, 0.25) is 0 Å². The Morgan fingerprint density at radius 1 is 1.44 bits per heavy atom. The zero-order valence-corrected chi connectivity index (χ0v) is 12.4. The smallest absolute Gasteiger partial charge is 0.0826 e. The molecule has 0 aromatic heterocycles. The number of nitrogens with one attached hydrogen (secondary N) is 1. The third kappa shape index (κ3) is 4.05. The molecule has 18 heavy (non-hydrogen) atoms. The van der Waals surface area contributed by atoms with Crippen molar-refractivity contribution >= 4 is 15.9 Å². The number of likely N-dealkylation sites (N-methyl/N-ethyl adjacent to an activating group) is 1. The Hall–Kier alpha value is -0.420. The molecule has 4 heteroatoms. The normalized spacial score (nSPS) is 21.1. The minimum atomic E-state index is 0.321. The van der Waals surface area contributed by atoms with E-state index < -0.39 is 0 Å². The van der Waals surface area contributed by atoms with Crippen LogP contribution in [0.3, 0.4) is 0 Å². The quantitative estimate of drug-likeness (QED) is 0.902. The lowest BCUT2D eigenvalue weighted by molar-refractivity contribution is -0.0253. The van der Waals surface area contributed by atoms with E-state index in [1.54, 1.807) is 0 Å². The van der Waals surface area contributed by atoms with E-state index in [4.69, 9.17) is 4.74 Å². The molecule has 1 N–H and O–H groups in total. The van der Waals surface area contributed by atoms with Crippen molar-refractivity contribution in [1.82, 2.24) is 10.2 Å². The summed E-state index contributed by atoms with van der Waals surface area (Å²) < 4.78 is 6.93. The van der Waals surface area contributed by atoms with Crippen molar-refractivity contribution in [3.63, 3.8) is 0 Å². The minimum absolute atomic E-state index is 0.321. The van der Waals surface area contributed by atoms with Gasteiger partial charge >= 0.3 is 0 Å². The van der Waals surface area contributed by atoms with E-state index >= 15 is 0 Å². The van der Waals surface area contributed by atoms with Crippen molar-refractivity contribution in [2.24, 2.45) is 0 Å². The average molecular weight is 313 g/mol. The van der Waals surface area contributed by atoms with Gasteiger partial charge in [-0.2, -0.15) is 0 Å². The lowest BCUT2D eigenvalue weighted by atomic mass is 10.2. The Labute approximate surface area is 118 Å². The van der Waals surface area contributed by atoms with Gasteiger partial charge in [0.15, 0.2) is 0 Å². The summed E-state index contributed by atoms with van der Waals surface area (Å²) in [6, 6.07) is 8.32. The first kappa shape index (κ1) is 14.0. The largest absolute Gasteiger partial charge is 0.374 e. The lowest BCUT2D eigenvalue weighted by Gasteiger charge is -2.32. The van der Waals surface area contributed by atoms with Crippen LogP contribution >= 0.6 is 15.9 Å². The summed E-state index contributed by atoms with van der Waals surface area (Å²) in [5, 5.41) is 3.48. The first-order chi connectivity index (χ1) is 8.79. The maximum Gasteiger partial charge on any atom is 0.0826 e. The molecule has 1 aromatic carbocycles. The monoisotopic (exact) mass is 312 g/mol. The van der Waals surface area contributed by atoms with Gasteiger partial charge in [0, 0.05) is 30.7 Å². The van der Waals surface area contributed by atoms with Crippen molar-refractivity contribution in [3.05, 3.63) is 34.3 Å². The number of nitrogens with zero attached hydrogens (tertiary/aromatic N) is 1. The van der Waals surface area contributed by atoms with Gasteiger partial charge in [-0.1, -0.05) is 41.1 Å². The van der Waals surface area contributed by atoms with Crippen LogP contribution < -0.4 is 5.32 Å². The summed E-state index contributed by atoms with van der Waals surface area (Å²) in [7, 11) is 0. The van der Waals surface area contributed by atoms with Crippen LogP contribution in [0.4, 0.5) is 0 Å². The van der Waals surface area contributed by atoms with Gasteiger partial charge in [0.1, 0.15) is 0 Å². The van der Waals surface area contributed by atoms with Crippen LogP contribution in [0.2, 0.25) is 0 Å². The van der Waals surface area contributed by atoms with Crippen molar-refractivity contribution in [2.45, 2.75) is 19.6 Å². The molecule has 1 fully saturated rings. The molecule has 0 bridgehead atoms. The Morgan fingerprint density at radius 2 is 2.28 bits per heavy atom. The Morgan fingerprint density at radius 3 is 3.06 bits per heavy atom. The zero-order valence-electron chi connectivity index (χ0n) is 10.9. The van der Waals surface area contributed by atoms with E-state index in [2.05, 4.69) is 51.3 Å². The van der Waals surface area contributed by atoms with E-state index in [0.29, 0.717) is 6.10 Å². The molecule has 0 aliphatic carbocycles. The van der Waals surface area contributed by atoms with Gasteiger partial charge < -0.3 is 10.1 Å². The maximum absolute atomic E-state index is 5.76. The predicted molar refractivity (Wildman–Crippen MR) is 77.7 cm³/mol. The molecule has 1 saturated heterocycles. The maximum atomic E-state index is 5.76. The van der Waals surface area contributed by atoms with Gasteiger partial charge in [-0.05, 0) is 18.2 Å². The van der Waals surface area contributed by atoms with E-state index in [1.807, 2.05) is 6.07 Å². The number of halogens is 1. The summed E-state index contributed by atoms with van der Waals surface area (Å²) in [6.45, 7) is 8.08. The van der Waals surface area contributed by atoms with E-state index in [9.17, 15) is 0 Å². The highest BCUT2D eigenvalue weighted by molar-refractivity contribution is 9.10. The minimum Gasteiger partial charge on any atom is -0.374 e. The van der Waals surface area contributed by atoms with Crippen molar-refractivity contribution in [1.29, 1.82) is 0 Å². The average Bonchev–Trinajstić information content (AvgIpc) is 2.41. The molecule has 0 spiro atoms. The summed E-state index contributed by atoms with van der Waals surface area (Å²) in [5.74, 6) is 0. The van der Waals surface area contributed by atoms with Gasteiger partial charge in [-0.3, -0.25) is 4.90 Å². The topological polar surface area (TPSA) is 24.5 Å². The highest BCUT2D eigenvalue weighted by Gasteiger charge is 2.18. The van der Waals surface area contributed by atoms with Crippen LogP contribution in [-0.2, 0) is 11.3 Å². The molecule has 3 nitrogen and oxygen atoms in total. The zero-order chi connectivity index (χ0) is 12.8. The van der Waals surface area contributed by atoms with E-state index in [0.717, 1.165) is 43.8 Å². The van der Waals surface area contributed by atoms with E-state index in [1.165, 1.54) is 5.56 Å². The standard InChI is InChI=1S/C14H21BrN2O/c1-2-17-7-8-18-13(11-17)10-16-9-12-5-3-4-6-14(12)15/h3-6,13,16H,2,7-11H2,1H3. The Balaban J connectivity index is 1.73. The van der Waals surface area contributed by atoms with Gasteiger partial charge in [-0.25, -0.2) is 0 Å². The van der Waals surface area contributed by atoms with Gasteiger partial charge in [0.05, 0.1) is 12.7 Å². The summed E-state index contributed by atoms with van der Waals surface area (Å²) in [5.41, 5.74) is 1.29. The fraction of sp³-hybridized carbons (Fsp3) is 0.571. The molecule has 1 atom stereocenters.